The summed E-state index contributed by atoms with van der Waals surface area (Å²) in [5, 5.41) is 9.24. The molecule has 0 spiro atoms. The topological polar surface area (TPSA) is 37.3 Å². The molecule has 0 saturated carbocycles. The fourth-order valence-corrected chi connectivity index (χ4v) is 1.54. The van der Waals surface area contributed by atoms with Gasteiger partial charge in [-0.1, -0.05) is 6.92 Å². The van der Waals surface area contributed by atoms with Gasteiger partial charge in [-0.2, -0.15) is 0 Å². The Labute approximate surface area is 88.5 Å². The maximum atomic E-state index is 11.6. The Morgan fingerprint density at radius 1 is 1.50 bits per heavy atom. The van der Waals surface area contributed by atoms with Crippen LogP contribution in [-0.4, -0.2) is 16.8 Å². The molecule has 1 aromatic carbocycles. The van der Waals surface area contributed by atoms with Crippen molar-refractivity contribution in [3.63, 3.8) is 0 Å². The first-order valence-corrected chi connectivity index (χ1v) is 5.13. The number of Topliss-reactive ketones (excluding diaryl/α,β-unsaturated/α-hetero) is 1. The molecule has 0 radical (unpaired) electrons. The molecule has 0 aliphatic heterocycles. The minimum absolute atomic E-state index is 0.0388. The molecule has 0 bridgehead atoms. The second-order valence-electron chi connectivity index (χ2n) is 3.06. The number of benzene rings is 1. The number of aryl methyl sites for hydroxylation is 1. The highest BCUT2D eigenvalue weighted by Gasteiger charge is 2.09. The van der Waals surface area contributed by atoms with Gasteiger partial charge in [0.25, 0.3) is 0 Å². The van der Waals surface area contributed by atoms with E-state index in [0.717, 1.165) is 12.0 Å². The summed E-state index contributed by atoms with van der Waals surface area (Å²) in [6.45, 7) is 1.95. The van der Waals surface area contributed by atoms with Gasteiger partial charge in [0.05, 0.1) is 0 Å². The number of hydrogen-bond acceptors (Lipinski definition) is 2. The summed E-state index contributed by atoms with van der Waals surface area (Å²) in [7, 11) is 0. The molecular weight excluding hydrogens is 200 g/mol. The van der Waals surface area contributed by atoms with Crippen LogP contribution in [-0.2, 0) is 6.42 Å². The van der Waals surface area contributed by atoms with Gasteiger partial charge in [-0.05, 0) is 30.2 Å². The molecule has 0 unspecified atom stereocenters. The van der Waals surface area contributed by atoms with E-state index >= 15 is 0 Å². The van der Waals surface area contributed by atoms with Crippen molar-refractivity contribution < 1.29 is 9.90 Å². The van der Waals surface area contributed by atoms with Crippen molar-refractivity contribution in [1.82, 2.24) is 0 Å². The van der Waals surface area contributed by atoms with Crippen molar-refractivity contribution in [2.75, 3.05) is 5.88 Å². The number of carbonyl (C=O) groups is 1. The number of alkyl halides is 1. The van der Waals surface area contributed by atoms with E-state index in [0.29, 0.717) is 17.9 Å². The molecule has 2 nitrogen and oxygen atoms in total. The van der Waals surface area contributed by atoms with Crippen LogP contribution in [0.5, 0.6) is 5.75 Å². The summed E-state index contributed by atoms with van der Waals surface area (Å²) < 4.78 is 0. The lowest BCUT2D eigenvalue weighted by molar-refractivity contribution is 0.0988. The Morgan fingerprint density at radius 2 is 2.21 bits per heavy atom. The van der Waals surface area contributed by atoms with Gasteiger partial charge in [0.2, 0.25) is 0 Å². The first kappa shape index (κ1) is 11.1. The molecule has 0 aromatic heterocycles. The Balaban J connectivity index is 3.01. The second kappa shape index (κ2) is 5.01. The van der Waals surface area contributed by atoms with Crippen molar-refractivity contribution >= 4 is 17.4 Å². The Kier molecular flexibility index (Phi) is 3.96. The van der Waals surface area contributed by atoms with E-state index in [2.05, 4.69) is 0 Å². The molecule has 1 N–H and O–H groups in total. The molecular formula is C11H13ClO2. The average Bonchev–Trinajstić information content (AvgIpc) is 2.17. The van der Waals surface area contributed by atoms with E-state index in [-0.39, 0.29) is 11.5 Å². The quantitative estimate of drug-likeness (QED) is 0.616. The number of rotatable bonds is 4. The zero-order valence-electron chi connectivity index (χ0n) is 8.09. The van der Waals surface area contributed by atoms with Crippen molar-refractivity contribution in [3.05, 3.63) is 29.3 Å². The van der Waals surface area contributed by atoms with Gasteiger partial charge in [0, 0.05) is 17.9 Å². The number of aromatic hydroxyl groups is 1. The van der Waals surface area contributed by atoms with Crippen molar-refractivity contribution in [3.8, 4) is 5.75 Å². The molecule has 0 atom stereocenters. The Hall–Kier alpha value is -1.02. The summed E-state index contributed by atoms with van der Waals surface area (Å²) in [6, 6.07) is 4.81. The van der Waals surface area contributed by atoms with Crippen LogP contribution in [0.4, 0.5) is 0 Å². The molecule has 1 rings (SSSR count). The van der Waals surface area contributed by atoms with Crippen LogP contribution in [0, 0.1) is 0 Å². The normalized spacial score (nSPS) is 10.1. The van der Waals surface area contributed by atoms with Crippen molar-refractivity contribution in [1.29, 1.82) is 0 Å². The third-order valence-corrected chi connectivity index (χ3v) is 2.28. The SMILES string of the molecule is CCc1cc(O)ccc1C(=O)CCCl. The van der Waals surface area contributed by atoms with Gasteiger partial charge >= 0.3 is 0 Å². The summed E-state index contributed by atoms with van der Waals surface area (Å²) in [5.74, 6) is 0.573. The summed E-state index contributed by atoms with van der Waals surface area (Å²) >= 11 is 5.50. The van der Waals surface area contributed by atoms with E-state index in [1.807, 2.05) is 6.92 Å². The van der Waals surface area contributed by atoms with Crippen LogP contribution in [0.3, 0.4) is 0 Å². The first-order valence-electron chi connectivity index (χ1n) is 4.60. The first-order chi connectivity index (χ1) is 6.69. The highest BCUT2D eigenvalue weighted by Crippen LogP contribution is 2.18. The zero-order chi connectivity index (χ0) is 10.6. The van der Waals surface area contributed by atoms with E-state index in [1.165, 1.54) is 6.07 Å². The van der Waals surface area contributed by atoms with Crippen LogP contribution >= 0.6 is 11.6 Å². The van der Waals surface area contributed by atoms with Crippen molar-refractivity contribution in [2.45, 2.75) is 19.8 Å². The number of phenols is 1. The zero-order valence-corrected chi connectivity index (χ0v) is 8.84. The lowest BCUT2D eigenvalue weighted by Gasteiger charge is -2.06. The number of halogens is 1. The highest BCUT2D eigenvalue weighted by atomic mass is 35.5. The van der Waals surface area contributed by atoms with Crippen LogP contribution in [0.1, 0.15) is 29.3 Å². The fraction of sp³-hybridized carbons (Fsp3) is 0.364. The fourth-order valence-electron chi connectivity index (χ4n) is 1.37. The van der Waals surface area contributed by atoms with Crippen LogP contribution in [0.2, 0.25) is 0 Å². The summed E-state index contributed by atoms with van der Waals surface area (Å²) in [6.07, 6.45) is 1.08. The minimum Gasteiger partial charge on any atom is -0.508 e. The van der Waals surface area contributed by atoms with Crippen LogP contribution < -0.4 is 0 Å². The maximum absolute atomic E-state index is 11.6. The number of hydrogen-bond donors (Lipinski definition) is 1. The van der Waals surface area contributed by atoms with Gasteiger partial charge in [-0.15, -0.1) is 11.6 Å². The second-order valence-corrected chi connectivity index (χ2v) is 3.44. The standard InChI is InChI=1S/C11H13ClO2/c1-2-8-7-9(13)3-4-10(8)11(14)5-6-12/h3-4,7,13H,2,5-6H2,1H3. The molecule has 3 heteroatoms. The number of ketones is 1. The Morgan fingerprint density at radius 3 is 2.79 bits per heavy atom. The largest absolute Gasteiger partial charge is 0.508 e. The lowest BCUT2D eigenvalue weighted by Crippen LogP contribution is -2.03. The molecule has 0 fully saturated rings. The predicted octanol–water partition coefficient (Wildman–Crippen LogP) is 2.77. The number of carbonyl (C=O) groups excluding carboxylic acids is 1. The molecule has 76 valence electrons. The van der Waals surface area contributed by atoms with E-state index in [4.69, 9.17) is 11.6 Å². The highest BCUT2D eigenvalue weighted by molar-refractivity contribution is 6.19. The molecule has 0 heterocycles. The monoisotopic (exact) mass is 212 g/mol. The maximum Gasteiger partial charge on any atom is 0.164 e. The molecule has 0 saturated heterocycles. The van der Waals surface area contributed by atoms with Crippen LogP contribution in [0.15, 0.2) is 18.2 Å². The van der Waals surface area contributed by atoms with Gasteiger partial charge in [0.15, 0.2) is 5.78 Å². The molecule has 0 aliphatic carbocycles. The van der Waals surface area contributed by atoms with E-state index in [1.54, 1.807) is 12.1 Å². The van der Waals surface area contributed by atoms with Crippen LogP contribution in [0.25, 0.3) is 0 Å². The van der Waals surface area contributed by atoms with E-state index < -0.39 is 0 Å². The predicted molar refractivity (Wildman–Crippen MR) is 57.2 cm³/mol. The Bertz CT molecular complexity index is 334. The van der Waals surface area contributed by atoms with E-state index in [9.17, 15) is 9.90 Å². The molecule has 0 aliphatic rings. The molecule has 0 amide bonds. The summed E-state index contributed by atoms with van der Waals surface area (Å²) in [4.78, 5) is 11.6. The third-order valence-electron chi connectivity index (χ3n) is 2.09. The molecule has 1 aromatic rings. The third kappa shape index (κ3) is 2.48. The van der Waals surface area contributed by atoms with Gasteiger partial charge < -0.3 is 5.11 Å². The van der Waals surface area contributed by atoms with Crippen molar-refractivity contribution in [2.24, 2.45) is 0 Å². The summed E-state index contributed by atoms with van der Waals surface area (Å²) in [5.41, 5.74) is 1.55. The van der Waals surface area contributed by atoms with Gasteiger partial charge in [-0.3, -0.25) is 4.79 Å². The van der Waals surface area contributed by atoms with Gasteiger partial charge in [-0.25, -0.2) is 0 Å². The average molecular weight is 213 g/mol. The lowest BCUT2D eigenvalue weighted by atomic mass is 10.00. The van der Waals surface area contributed by atoms with Gasteiger partial charge in [0.1, 0.15) is 5.75 Å². The smallest absolute Gasteiger partial charge is 0.164 e. The number of phenolic OH excluding ortho intramolecular Hbond substituents is 1. The molecule has 14 heavy (non-hydrogen) atoms. The minimum atomic E-state index is 0.0388.